The Labute approximate surface area is 111 Å². The van der Waals surface area contributed by atoms with E-state index in [1.165, 1.54) is 10.3 Å². The first-order valence-electron chi connectivity index (χ1n) is 5.29. The van der Waals surface area contributed by atoms with Crippen molar-refractivity contribution in [1.82, 2.24) is 4.98 Å². The summed E-state index contributed by atoms with van der Waals surface area (Å²) >= 11 is 6.42. The molecule has 1 aliphatic carbocycles. The van der Waals surface area contributed by atoms with Gasteiger partial charge in [-0.05, 0) is 12.8 Å². The first-order valence-corrected chi connectivity index (χ1v) is 6.70. The molecule has 0 aliphatic heterocycles. The molecule has 1 aromatic heterocycles. The summed E-state index contributed by atoms with van der Waals surface area (Å²) in [6, 6.07) is -0.114. The number of ketones is 1. The minimum atomic E-state index is -4.27. The number of thiazole rings is 1. The summed E-state index contributed by atoms with van der Waals surface area (Å²) in [5.41, 5.74) is 0.137. The Bertz CT molecular complexity index is 445. The fourth-order valence-electron chi connectivity index (χ4n) is 1.52. The summed E-state index contributed by atoms with van der Waals surface area (Å²) in [5.74, 6) is -0.590. The maximum atomic E-state index is 12.5. The molecule has 0 N–H and O–H groups in total. The number of nitrogens with zero attached hydrogens (tertiary/aromatic N) is 2. The van der Waals surface area contributed by atoms with Crippen molar-refractivity contribution in [2.75, 3.05) is 17.3 Å². The van der Waals surface area contributed by atoms with Crippen LogP contribution in [0.3, 0.4) is 0 Å². The molecule has 1 heterocycles. The standard InChI is InChI=1S/C10H10ClF3N2OS/c11-3-8(17)7-4-18-9(15-7)16(6-1-2-6)5-10(12,13)14/h4,6H,1-3,5H2. The van der Waals surface area contributed by atoms with E-state index in [2.05, 4.69) is 4.98 Å². The molecule has 0 aromatic carbocycles. The van der Waals surface area contributed by atoms with Crippen LogP contribution < -0.4 is 4.90 Å². The molecule has 100 valence electrons. The highest BCUT2D eigenvalue weighted by Crippen LogP contribution is 2.35. The van der Waals surface area contributed by atoms with Crippen LogP contribution in [0.1, 0.15) is 23.3 Å². The van der Waals surface area contributed by atoms with Crippen molar-refractivity contribution >= 4 is 33.9 Å². The van der Waals surface area contributed by atoms with Gasteiger partial charge in [0.15, 0.2) is 10.9 Å². The van der Waals surface area contributed by atoms with Gasteiger partial charge in [0.05, 0.1) is 5.88 Å². The fraction of sp³-hybridized carbons (Fsp3) is 0.600. The Morgan fingerprint density at radius 1 is 1.56 bits per heavy atom. The summed E-state index contributed by atoms with van der Waals surface area (Å²) in [7, 11) is 0. The van der Waals surface area contributed by atoms with Gasteiger partial charge in [0, 0.05) is 11.4 Å². The lowest BCUT2D eigenvalue weighted by molar-refractivity contribution is -0.120. The number of hydrogen-bond donors (Lipinski definition) is 0. The van der Waals surface area contributed by atoms with E-state index < -0.39 is 12.7 Å². The monoisotopic (exact) mass is 298 g/mol. The van der Waals surface area contributed by atoms with Crippen molar-refractivity contribution in [2.45, 2.75) is 25.1 Å². The van der Waals surface area contributed by atoms with E-state index in [0.717, 1.165) is 24.2 Å². The number of hydrogen-bond acceptors (Lipinski definition) is 4. The van der Waals surface area contributed by atoms with E-state index in [1.54, 1.807) is 0 Å². The van der Waals surface area contributed by atoms with Gasteiger partial charge in [-0.15, -0.1) is 22.9 Å². The van der Waals surface area contributed by atoms with Crippen molar-refractivity contribution in [1.29, 1.82) is 0 Å². The number of alkyl halides is 4. The zero-order chi connectivity index (χ0) is 13.3. The number of carbonyl (C=O) groups excluding carboxylic acids is 1. The maximum absolute atomic E-state index is 12.5. The van der Waals surface area contributed by atoms with Crippen LogP contribution in [0, 0.1) is 0 Å². The highest BCUT2D eigenvalue weighted by Gasteiger charge is 2.39. The van der Waals surface area contributed by atoms with Crippen LogP contribution in [0.25, 0.3) is 0 Å². The molecule has 0 atom stereocenters. The van der Waals surface area contributed by atoms with E-state index in [-0.39, 0.29) is 28.5 Å². The second kappa shape index (κ2) is 5.05. The normalized spacial score (nSPS) is 15.8. The Kier molecular flexibility index (Phi) is 3.82. The van der Waals surface area contributed by atoms with Crippen LogP contribution in [0.2, 0.25) is 0 Å². The lowest BCUT2D eigenvalue weighted by Crippen LogP contribution is -2.35. The first-order chi connectivity index (χ1) is 8.40. The molecule has 1 fully saturated rings. The van der Waals surface area contributed by atoms with Crippen LogP contribution in [-0.2, 0) is 0 Å². The number of aromatic nitrogens is 1. The van der Waals surface area contributed by atoms with Crippen molar-refractivity contribution in [3.63, 3.8) is 0 Å². The number of rotatable bonds is 5. The van der Waals surface area contributed by atoms with Crippen LogP contribution in [0.15, 0.2) is 5.38 Å². The number of carbonyl (C=O) groups is 1. The molecule has 1 saturated carbocycles. The van der Waals surface area contributed by atoms with Crippen molar-refractivity contribution in [3.05, 3.63) is 11.1 Å². The Morgan fingerprint density at radius 3 is 2.72 bits per heavy atom. The number of halogens is 4. The third kappa shape index (κ3) is 3.35. The smallest absolute Gasteiger partial charge is 0.336 e. The molecule has 0 bridgehead atoms. The Hall–Kier alpha value is -0.820. The molecule has 0 saturated heterocycles. The van der Waals surface area contributed by atoms with E-state index in [9.17, 15) is 18.0 Å². The molecule has 3 nitrogen and oxygen atoms in total. The average molecular weight is 299 g/mol. The average Bonchev–Trinajstić information content (AvgIpc) is 3.01. The van der Waals surface area contributed by atoms with Gasteiger partial charge in [-0.2, -0.15) is 13.2 Å². The molecular formula is C10H10ClF3N2OS. The zero-order valence-corrected chi connectivity index (χ0v) is 10.8. The van der Waals surface area contributed by atoms with Crippen LogP contribution >= 0.6 is 22.9 Å². The van der Waals surface area contributed by atoms with Crippen molar-refractivity contribution in [2.24, 2.45) is 0 Å². The van der Waals surface area contributed by atoms with Crippen molar-refractivity contribution in [3.8, 4) is 0 Å². The summed E-state index contributed by atoms with van der Waals surface area (Å²) < 4.78 is 37.4. The maximum Gasteiger partial charge on any atom is 0.406 e. The van der Waals surface area contributed by atoms with Gasteiger partial charge < -0.3 is 4.90 Å². The zero-order valence-electron chi connectivity index (χ0n) is 9.21. The third-order valence-corrected chi connectivity index (χ3v) is 3.60. The first kappa shape index (κ1) is 13.6. The van der Waals surface area contributed by atoms with Crippen LogP contribution in [0.5, 0.6) is 0 Å². The predicted molar refractivity (Wildman–Crippen MR) is 63.6 cm³/mol. The van der Waals surface area contributed by atoms with E-state index in [4.69, 9.17) is 11.6 Å². The highest BCUT2D eigenvalue weighted by molar-refractivity contribution is 7.14. The molecule has 0 radical (unpaired) electrons. The third-order valence-electron chi connectivity index (χ3n) is 2.48. The Morgan fingerprint density at radius 2 is 2.22 bits per heavy atom. The molecule has 1 aliphatic rings. The van der Waals surface area contributed by atoms with Gasteiger partial charge in [-0.1, -0.05) is 0 Å². The second-order valence-electron chi connectivity index (χ2n) is 4.05. The van der Waals surface area contributed by atoms with Gasteiger partial charge in [-0.3, -0.25) is 4.79 Å². The molecular weight excluding hydrogens is 289 g/mol. The minimum Gasteiger partial charge on any atom is -0.336 e. The fourth-order valence-corrected chi connectivity index (χ4v) is 2.56. The summed E-state index contributed by atoms with van der Waals surface area (Å²) in [6.45, 7) is -1.03. The van der Waals surface area contributed by atoms with E-state index >= 15 is 0 Å². The Balaban J connectivity index is 2.16. The topological polar surface area (TPSA) is 33.2 Å². The quantitative estimate of drug-likeness (QED) is 0.619. The van der Waals surface area contributed by atoms with Crippen LogP contribution in [0.4, 0.5) is 18.3 Å². The highest BCUT2D eigenvalue weighted by atomic mass is 35.5. The molecule has 8 heteroatoms. The lowest BCUT2D eigenvalue weighted by Gasteiger charge is -2.22. The van der Waals surface area contributed by atoms with E-state index in [1.807, 2.05) is 0 Å². The van der Waals surface area contributed by atoms with E-state index in [0.29, 0.717) is 0 Å². The summed E-state index contributed by atoms with van der Waals surface area (Å²) in [4.78, 5) is 16.4. The minimum absolute atomic E-state index is 0.114. The van der Waals surface area contributed by atoms with Gasteiger partial charge in [0.2, 0.25) is 0 Å². The summed E-state index contributed by atoms with van der Waals surface area (Å²) in [6.07, 6.45) is -2.81. The molecule has 0 spiro atoms. The van der Waals surface area contributed by atoms with Gasteiger partial charge in [-0.25, -0.2) is 4.98 Å². The SMILES string of the molecule is O=C(CCl)c1csc(N(CC(F)(F)F)C2CC2)n1. The largest absolute Gasteiger partial charge is 0.406 e. The summed E-state index contributed by atoms with van der Waals surface area (Å²) in [5, 5.41) is 1.69. The van der Waals surface area contributed by atoms with Gasteiger partial charge in [0.25, 0.3) is 0 Å². The predicted octanol–water partition coefficient (Wildman–Crippen LogP) is 3.10. The van der Waals surface area contributed by atoms with Gasteiger partial charge in [0.1, 0.15) is 12.2 Å². The molecule has 2 rings (SSSR count). The van der Waals surface area contributed by atoms with Crippen molar-refractivity contribution < 1.29 is 18.0 Å². The molecule has 0 unspecified atom stereocenters. The second-order valence-corrected chi connectivity index (χ2v) is 5.15. The number of anilines is 1. The van der Waals surface area contributed by atoms with Crippen LogP contribution in [-0.4, -0.2) is 35.4 Å². The number of Topliss-reactive ketones (excluding diaryl/α,β-unsaturated/α-hetero) is 1. The molecule has 18 heavy (non-hydrogen) atoms. The lowest BCUT2D eigenvalue weighted by atomic mass is 10.3. The molecule has 1 aromatic rings. The van der Waals surface area contributed by atoms with Gasteiger partial charge >= 0.3 is 6.18 Å². The molecule has 0 amide bonds.